The van der Waals surface area contributed by atoms with Gasteiger partial charge in [0.1, 0.15) is 0 Å². The van der Waals surface area contributed by atoms with Gasteiger partial charge in [-0.2, -0.15) is 5.10 Å². The minimum absolute atomic E-state index is 0.0590. The lowest BCUT2D eigenvalue weighted by Gasteiger charge is -2.23. The van der Waals surface area contributed by atoms with Crippen LogP contribution in [-0.4, -0.2) is 15.7 Å². The molecule has 1 atom stereocenters. The lowest BCUT2D eigenvalue weighted by Crippen LogP contribution is -2.29. The zero-order valence-electron chi connectivity index (χ0n) is 12.0. The van der Waals surface area contributed by atoms with Gasteiger partial charge >= 0.3 is 0 Å². The summed E-state index contributed by atoms with van der Waals surface area (Å²) >= 11 is 0. The Morgan fingerprint density at radius 2 is 2.24 bits per heavy atom. The van der Waals surface area contributed by atoms with Crippen LogP contribution in [0.15, 0.2) is 49.2 Å². The summed E-state index contributed by atoms with van der Waals surface area (Å²) < 4.78 is 2.05. The molecule has 0 aliphatic heterocycles. The summed E-state index contributed by atoms with van der Waals surface area (Å²) in [6.45, 7) is 4.29. The Morgan fingerprint density at radius 3 is 3.00 bits per heavy atom. The topological polar surface area (TPSA) is 46.9 Å². The molecule has 1 unspecified atom stereocenters. The number of aromatic nitrogens is 2. The quantitative estimate of drug-likeness (QED) is 0.876. The number of amides is 1. The monoisotopic (exact) mass is 281 g/mol. The van der Waals surface area contributed by atoms with Crippen molar-refractivity contribution in [1.82, 2.24) is 15.1 Å². The van der Waals surface area contributed by atoms with Crippen LogP contribution in [-0.2, 0) is 17.8 Å². The second-order valence-corrected chi connectivity index (χ2v) is 5.35. The van der Waals surface area contributed by atoms with E-state index >= 15 is 0 Å². The Hall–Kier alpha value is -2.36. The van der Waals surface area contributed by atoms with E-state index in [-0.39, 0.29) is 11.9 Å². The molecule has 1 aromatic carbocycles. The van der Waals surface area contributed by atoms with Gasteiger partial charge in [0.15, 0.2) is 0 Å². The summed E-state index contributed by atoms with van der Waals surface area (Å²) in [5.41, 5.74) is 3.62. The summed E-state index contributed by atoms with van der Waals surface area (Å²) in [4.78, 5) is 11.5. The van der Waals surface area contributed by atoms with E-state index in [1.54, 1.807) is 0 Å². The molecule has 21 heavy (non-hydrogen) atoms. The highest BCUT2D eigenvalue weighted by Crippen LogP contribution is 2.29. The maximum absolute atomic E-state index is 11.5. The number of rotatable bonds is 4. The van der Waals surface area contributed by atoms with Crippen LogP contribution in [0.25, 0.3) is 0 Å². The molecule has 4 heteroatoms. The van der Waals surface area contributed by atoms with Gasteiger partial charge in [0.25, 0.3) is 0 Å². The van der Waals surface area contributed by atoms with Crippen LogP contribution in [0.5, 0.6) is 0 Å². The number of carbonyl (C=O) groups excluding carboxylic acids is 1. The standard InChI is InChI=1S/C17H19N3O/c1-2-17(21)19-15-9-6-10-16-14(15)11-18-20(16)12-13-7-4-3-5-8-13/h2-5,7-8,11,15H,1,6,9-10,12H2,(H,19,21). The second kappa shape index (κ2) is 5.95. The van der Waals surface area contributed by atoms with Crippen molar-refractivity contribution in [3.05, 3.63) is 66.0 Å². The average molecular weight is 281 g/mol. The Morgan fingerprint density at radius 1 is 1.43 bits per heavy atom. The van der Waals surface area contributed by atoms with Crippen LogP contribution in [0.2, 0.25) is 0 Å². The van der Waals surface area contributed by atoms with Gasteiger partial charge in [0.05, 0.1) is 18.8 Å². The van der Waals surface area contributed by atoms with Gasteiger partial charge in [-0.3, -0.25) is 9.48 Å². The van der Waals surface area contributed by atoms with E-state index in [9.17, 15) is 4.79 Å². The third-order valence-electron chi connectivity index (χ3n) is 3.94. The second-order valence-electron chi connectivity index (χ2n) is 5.35. The number of hydrogen-bond acceptors (Lipinski definition) is 2. The molecule has 1 aromatic heterocycles. The van der Waals surface area contributed by atoms with Gasteiger partial charge in [0.2, 0.25) is 5.91 Å². The molecule has 0 saturated carbocycles. The van der Waals surface area contributed by atoms with Crippen molar-refractivity contribution in [3.63, 3.8) is 0 Å². The number of fused-ring (bicyclic) bond motifs is 1. The van der Waals surface area contributed by atoms with Gasteiger partial charge in [-0.1, -0.05) is 36.9 Å². The maximum atomic E-state index is 11.5. The molecule has 1 aliphatic rings. The lowest BCUT2D eigenvalue weighted by molar-refractivity contribution is -0.117. The molecular weight excluding hydrogens is 262 g/mol. The van der Waals surface area contributed by atoms with Crippen LogP contribution < -0.4 is 5.32 Å². The molecule has 0 radical (unpaired) electrons. The van der Waals surface area contributed by atoms with Crippen LogP contribution >= 0.6 is 0 Å². The lowest BCUT2D eigenvalue weighted by atomic mass is 9.93. The van der Waals surface area contributed by atoms with Gasteiger partial charge in [-0.15, -0.1) is 0 Å². The molecule has 1 amide bonds. The Kier molecular flexibility index (Phi) is 3.86. The molecule has 108 valence electrons. The van der Waals surface area contributed by atoms with Crippen LogP contribution in [0, 0.1) is 0 Å². The summed E-state index contributed by atoms with van der Waals surface area (Å²) in [7, 11) is 0. The third-order valence-corrected chi connectivity index (χ3v) is 3.94. The summed E-state index contributed by atoms with van der Waals surface area (Å²) in [5, 5.41) is 7.51. The minimum Gasteiger partial charge on any atom is -0.346 e. The molecule has 0 saturated heterocycles. The first-order valence-corrected chi connectivity index (χ1v) is 7.29. The molecule has 1 aliphatic carbocycles. The van der Waals surface area contributed by atoms with E-state index in [2.05, 4.69) is 33.8 Å². The van der Waals surface area contributed by atoms with E-state index in [1.165, 1.54) is 17.3 Å². The van der Waals surface area contributed by atoms with E-state index in [1.807, 2.05) is 24.4 Å². The molecule has 1 N–H and O–H groups in total. The van der Waals surface area contributed by atoms with E-state index in [0.29, 0.717) is 0 Å². The number of nitrogens with zero attached hydrogens (tertiary/aromatic N) is 2. The van der Waals surface area contributed by atoms with E-state index in [0.717, 1.165) is 31.4 Å². The first kappa shape index (κ1) is 13.6. The van der Waals surface area contributed by atoms with Crippen molar-refractivity contribution >= 4 is 5.91 Å². The maximum Gasteiger partial charge on any atom is 0.243 e. The van der Waals surface area contributed by atoms with Crippen molar-refractivity contribution < 1.29 is 4.79 Å². The zero-order chi connectivity index (χ0) is 14.7. The summed E-state index contributed by atoms with van der Waals surface area (Å²) in [6.07, 6.45) is 6.26. The highest BCUT2D eigenvalue weighted by Gasteiger charge is 2.24. The Labute approximate surface area is 124 Å². The summed E-state index contributed by atoms with van der Waals surface area (Å²) in [6, 6.07) is 10.4. The SMILES string of the molecule is C=CC(=O)NC1CCCc2c1cnn2Cc1ccccc1. The minimum atomic E-state index is -0.122. The van der Waals surface area contributed by atoms with E-state index in [4.69, 9.17) is 0 Å². The van der Waals surface area contributed by atoms with Crippen molar-refractivity contribution in [1.29, 1.82) is 0 Å². The first-order chi connectivity index (χ1) is 10.3. The van der Waals surface area contributed by atoms with Crippen molar-refractivity contribution in [2.45, 2.75) is 31.8 Å². The highest BCUT2D eigenvalue weighted by atomic mass is 16.1. The van der Waals surface area contributed by atoms with Crippen LogP contribution in [0.4, 0.5) is 0 Å². The number of carbonyl (C=O) groups is 1. The number of nitrogens with one attached hydrogen (secondary N) is 1. The van der Waals surface area contributed by atoms with Gasteiger partial charge in [-0.05, 0) is 30.9 Å². The van der Waals surface area contributed by atoms with Gasteiger partial charge in [0, 0.05) is 11.3 Å². The third kappa shape index (κ3) is 2.89. The average Bonchev–Trinajstić information content (AvgIpc) is 2.92. The zero-order valence-corrected chi connectivity index (χ0v) is 12.0. The fraction of sp³-hybridized carbons (Fsp3) is 0.294. The van der Waals surface area contributed by atoms with E-state index < -0.39 is 0 Å². The van der Waals surface area contributed by atoms with Crippen molar-refractivity contribution in [2.24, 2.45) is 0 Å². The van der Waals surface area contributed by atoms with Crippen molar-refractivity contribution in [3.8, 4) is 0 Å². The van der Waals surface area contributed by atoms with Gasteiger partial charge < -0.3 is 5.32 Å². The molecular formula is C17H19N3O. The normalized spacial score (nSPS) is 17.0. The molecule has 4 nitrogen and oxygen atoms in total. The predicted molar refractivity (Wildman–Crippen MR) is 81.8 cm³/mol. The number of hydrogen-bond donors (Lipinski definition) is 1. The molecule has 2 aromatic rings. The van der Waals surface area contributed by atoms with Gasteiger partial charge in [-0.25, -0.2) is 0 Å². The van der Waals surface area contributed by atoms with Crippen LogP contribution in [0.3, 0.4) is 0 Å². The Balaban J connectivity index is 1.83. The molecule has 3 rings (SSSR count). The fourth-order valence-electron chi connectivity index (χ4n) is 2.89. The predicted octanol–water partition coefficient (Wildman–Crippen LogP) is 2.61. The molecule has 1 heterocycles. The highest BCUT2D eigenvalue weighted by molar-refractivity contribution is 5.87. The Bertz CT molecular complexity index is 645. The summed E-state index contributed by atoms with van der Waals surface area (Å²) in [5.74, 6) is -0.122. The molecule has 0 bridgehead atoms. The largest absolute Gasteiger partial charge is 0.346 e. The number of benzene rings is 1. The molecule has 0 fully saturated rings. The fourth-order valence-corrected chi connectivity index (χ4v) is 2.89. The first-order valence-electron chi connectivity index (χ1n) is 7.29. The van der Waals surface area contributed by atoms with Crippen LogP contribution in [0.1, 0.15) is 35.7 Å². The molecule has 0 spiro atoms. The van der Waals surface area contributed by atoms with Crippen molar-refractivity contribution in [2.75, 3.05) is 0 Å². The smallest absolute Gasteiger partial charge is 0.243 e.